The Bertz CT molecular complexity index is 52.5. The van der Waals surface area contributed by atoms with Crippen LogP contribution in [0.3, 0.4) is 0 Å². The van der Waals surface area contributed by atoms with Crippen molar-refractivity contribution < 1.29 is 31.0 Å². The molecule has 0 aliphatic carbocycles. The van der Waals surface area contributed by atoms with Gasteiger partial charge in [0, 0.05) is 7.05 Å². The molecular weight excluding hydrogens is 137 g/mol. The Morgan fingerprint density at radius 2 is 2.00 bits per heavy atom. The first-order chi connectivity index (χ1) is 2.27. The Kier molecular flexibility index (Phi) is 23.1. The number of nitrogens with one attached hydrogen (secondary N) is 1. The quantitative estimate of drug-likeness (QED) is 0.238. The van der Waals surface area contributed by atoms with E-state index in [2.05, 4.69) is 30.2 Å². The average Bonchev–Trinajstić information content (AvgIpc) is 1.38. The maximum atomic E-state index is 4.45. The number of hydrogen-bond donors (Lipinski definition) is 2. The normalized spacial score (nSPS) is 4.86. The van der Waals surface area contributed by atoms with E-state index in [0.29, 0.717) is 4.32 Å². The molecule has 1 N–H and O–H groups in total. The maximum absolute atomic E-state index is 4.45. The largest absolute Gasteiger partial charge is 1.00 e. The summed E-state index contributed by atoms with van der Waals surface area (Å²) >= 11 is 8.17. The predicted molar refractivity (Wildman–Crippen MR) is 38.5 cm³/mol. The molecule has 0 rings (SSSR count). The van der Waals surface area contributed by atoms with Gasteiger partial charge in [-0.3, -0.25) is 0 Å². The molecule has 0 bridgehead atoms. The SMILES string of the molecule is C.CNC(=S)S.[H-].[Na+]. The molecule has 40 valence electrons. The molecule has 1 nitrogen and oxygen atoms in total. The van der Waals surface area contributed by atoms with E-state index < -0.39 is 0 Å². The molecule has 4 heteroatoms. The molecule has 0 spiro atoms. The summed E-state index contributed by atoms with van der Waals surface area (Å²) in [4.78, 5) is 0. The minimum atomic E-state index is 0. The Labute approximate surface area is 79.4 Å². The Hall–Kier alpha value is 1.24. The van der Waals surface area contributed by atoms with E-state index in [-0.39, 0.29) is 38.4 Å². The van der Waals surface area contributed by atoms with Crippen LogP contribution in [0.4, 0.5) is 0 Å². The smallest absolute Gasteiger partial charge is 1.00 e. The van der Waals surface area contributed by atoms with Gasteiger partial charge in [-0.2, -0.15) is 0 Å². The zero-order chi connectivity index (χ0) is 4.28. The molecule has 7 heavy (non-hydrogen) atoms. The molecule has 0 aromatic heterocycles. The molecule has 0 fully saturated rings. The van der Waals surface area contributed by atoms with E-state index >= 15 is 0 Å². The van der Waals surface area contributed by atoms with Gasteiger partial charge in [0.2, 0.25) is 0 Å². The van der Waals surface area contributed by atoms with Gasteiger partial charge in [0.15, 0.2) is 0 Å². The summed E-state index contributed by atoms with van der Waals surface area (Å²) in [5, 5.41) is 2.62. The van der Waals surface area contributed by atoms with Crippen LogP contribution in [0.5, 0.6) is 0 Å². The fraction of sp³-hybridized carbons (Fsp3) is 0.667. The Morgan fingerprint density at radius 3 is 2.00 bits per heavy atom. The molecule has 0 unspecified atom stereocenters. The van der Waals surface area contributed by atoms with Crippen LogP contribution in [0.25, 0.3) is 0 Å². The molecule has 0 heterocycles. The van der Waals surface area contributed by atoms with Crippen LogP contribution >= 0.6 is 24.8 Å². The number of thiol groups is 1. The molecule has 0 amide bonds. The van der Waals surface area contributed by atoms with E-state index in [1.54, 1.807) is 7.05 Å². The zero-order valence-electron chi connectivity index (χ0n) is 4.86. The second-order valence-corrected chi connectivity index (χ2v) is 1.71. The van der Waals surface area contributed by atoms with Crippen molar-refractivity contribution in [3.05, 3.63) is 0 Å². The minimum absolute atomic E-state index is 0. The molecule has 0 aromatic carbocycles. The third-order valence-electron chi connectivity index (χ3n) is 0.214. The summed E-state index contributed by atoms with van der Waals surface area (Å²) in [6.07, 6.45) is 0. The van der Waals surface area contributed by atoms with Gasteiger partial charge in [-0.1, -0.05) is 19.6 Å². The zero-order valence-corrected chi connectivity index (χ0v) is 7.57. The number of rotatable bonds is 0. The topological polar surface area (TPSA) is 12.0 Å². The van der Waals surface area contributed by atoms with Crippen molar-refractivity contribution in [1.82, 2.24) is 5.32 Å². The van der Waals surface area contributed by atoms with E-state index in [1.807, 2.05) is 0 Å². The summed E-state index contributed by atoms with van der Waals surface area (Å²) in [7, 11) is 1.73. The molecule has 0 aromatic rings. The van der Waals surface area contributed by atoms with Crippen molar-refractivity contribution in [2.75, 3.05) is 7.05 Å². The van der Waals surface area contributed by atoms with Crippen LogP contribution < -0.4 is 34.9 Å². The van der Waals surface area contributed by atoms with Gasteiger partial charge in [-0.15, -0.1) is 12.6 Å². The van der Waals surface area contributed by atoms with Crippen LogP contribution in [0.2, 0.25) is 0 Å². The van der Waals surface area contributed by atoms with E-state index in [1.165, 1.54) is 0 Å². The summed E-state index contributed by atoms with van der Waals surface area (Å²) in [5.41, 5.74) is 0. The number of hydrogen-bond acceptors (Lipinski definition) is 1. The van der Waals surface area contributed by atoms with Gasteiger partial charge in [-0.25, -0.2) is 0 Å². The first kappa shape index (κ1) is 15.7. The van der Waals surface area contributed by atoms with Crippen LogP contribution in [-0.2, 0) is 0 Å². The summed E-state index contributed by atoms with van der Waals surface area (Å²) in [5.74, 6) is 0. The first-order valence-corrected chi connectivity index (χ1v) is 2.03. The Balaban J connectivity index is -0.0000000267. The monoisotopic (exact) mass is 147 g/mol. The van der Waals surface area contributed by atoms with E-state index in [9.17, 15) is 0 Å². The molecule has 0 atom stereocenters. The third kappa shape index (κ3) is 18.9. The second-order valence-electron chi connectivity index (χ2n) is 0.555. The minimum Gasteiger partial charge on any atom is -1.00 e. The third-order valence-corrected chi connectivity index (χ3v) is 0.642. The van der Waals surface area contributed by atoms with E-state index in [4.69, 9.17) is 0 Å². The summed E-state index contributed by atoms with van der Waals surface area (Å²) in [6.45, 7) is 0. The summed E-state index contributed by atoms with van der Waals surface area (Å²) in [6, 6.07) is 0. The van der Waals surface area contributed by atoms with Crippen molar-refractivity contribution in [3.63, 3.8) is 0 Å². The van der Waals surface area contributed by atoms with Crippen LogP contribution in [0, 0.1) is 0 Å². The maximum Gasteiger partial charge on any atom is 1.00 e. The van der Waals surface area contributed by atoms with Crippen LogP contribution in [-0.4, -0.2) is 11.4 Å². The Morgan fingerprint density at radius 1 is 1.86 bits per heavy atom. The molecule has 0 saturated heterocycles. The van der Waals surface area contributed by atoms with Crippen molar-refractivity contribution >= 4 is 29.2 Å². The van der Waals surface area contributed by atoms with Crippen LogP contribution in [0.15, 0.2) is 0 Å². The van der Waals surface area contributed by atoms with Gasteiger partial charge in [-0.05, 0) is 0 Å². The van der Waals surface area contributed by atoms with E-state index in [0.717, 1.165) is 0 Å². The molecule has 0 saturated carbocycles. The predicted octanol–water partition coefficient (Wildman–Crippen LogP) is -1.83. The van der Waals surface area contributed by atoms with Gasteiger partial charge < -0.3 is 6.74 Å². The second kappa shape index (κ2) is 10.3. The van der Waals surface area contributed by atoms with Crippen molar-refractivity contribution in [2.24, 2.45) is 0 Å². The molecule has 0 aliphatic heterocycles. The summed E-state index contributed by atoms with van der Waals surface area (Å²) < 4.78 is 0.532. The van der Waals surface area contributed by atoms with Gasteiger partial charge in [0.25, 0.3) is 0 Å². The van der Waals surface area contributed by atoms with Crippen molar-refractivity contribution in [3.8, 4) is 0 Å². The fourth-order valence-corrected chi connectivity index (χ4v) is 0. The number of thiocarbonyl (C=S) groups is 1. The van der Waals surface area contributed by atoms with Gasteiger partial charge in [0.05, 0.1) is 0 Å². The van der Waals surface area contributed by atoms with Gasteiger partial charge >= 0.3 is 29.6 Å². The molecule has 0 radical (unpaired) electrons. The fourth-order valence-electron chi connectivity index (χ4n) is 0. The average molecular weight is 147 g/mol. The first-order valence-electron chi connectivity index (χ1n) is 1.18. The van der Waals surface area contributed by atoms with Crippen LogP contribution in [0.1, 0.15) is 8.85 Å². The van der Waals surface area contributed by atoms with Crippen molar-refractivity contribution in [1.29, 1.82) is 0 Å². The standard InChI is InChI=1S/C2H5NS2.CH4.Na.H/c1-3-2(4)5;;;/h1H3,(H2,3,4,5);1H4;;/q;;+1;-1. The molecular formula is C3H10NNaS2. The molecule has 0 aliphatic rings. The van der Waals surface area contributed by atoms with Crippen molar-refractivity contribution in [2.45, 2.75) is 7.43 Å². The van der Waals surface area contributed by atoms with Gasteiger partial charge in [0.1, 0.15) is 4.32 Å².